The van der Waals surface area contributed by atoms with Crippen LogP contribution in [0.4, 0.5) is 0 Å². The second-order valence-corrected chi connectivity index (χ2v) is 10.3. The maximum atomic E-state index is 13.5. The standard InChI is InChI=1S/C28H36N2O4/c1-28(2,3)25(29)24(31)17-21(16-18-12-14-20(15-13-18)27(33)34-4)26(32)30-23-11-7-9-19-8-5-6-10-22(19)23/h5-6,8,10,12-15,21,23,25H,7,9,11,16-17,29H2,1-4H3,(H,30,32)/t21-,23-,25-/m1/s1. The van der Waals surface area contributed by atoms with Gasteiger partial charge in [0.2, 0.25) is 5.91 Å². The summed E-state index contributed by atoms with van der Waals surface area (Å²) in [4.78, 5) is 38.2. The number of nitrogens with one attached hydrogen (secondary N) is 1. The Hall–Kier alpha value is -2.99. The first-order chi connectivity index (χ1) is 16.1. The van der Waals surface area contributed by atoms with E-state index in [0.717, 1.165) is 30.4 Å². The zero-order valence-corrected chi connectivity index (χ0v) is 20.6. The highest BCUT2D eigenvalue weighted by Crippen LogP contribution is 2.30. The second-order valence-electron chi connectivity index (χ2n) is 10.3. The van der Waals surface area contributed by atoms with Crippen molar-refractivity contribution in [1.29, 1.82) is 0 Å². The summed E-state index contributed by atoms with van der Waals surface area (Å²) in [5.74, 6) is -1.24. The zero-order valence-electron chi connectivity index (χ0n) is 20.6. The number of methoxy groups -OCH3 is 1. The molecule has 0 fully saturated rings. The van der Waals surface area contributed by atoms with Crippen LogP contribution < -0.4 is 11.1 Å². The van der Waals surface area contributed by atoms with E-state index in [9.17, 15) is 14.4 Å². The number of aryl methyl sites for hydroxylation is 1. The lowest BCUT2D eigenvalue weighted by molar-refractivity contribution is -0.131. The van der Waals surface area contributed by atoms with E-state index in [-0.39, 0.29) is 29.6 Å². The van der Waals surface area contributed by atoms with E-state index in [0.29, 0.717) is 12.0 Å². The minimum absolute atomic E-state index is 0.0620. The molecule has 1 aliphatic rings. The number of amides is 1. The van der Waals surface area contributed by atoms with Crippen LogP contribution >= 0.6 is 0 Å². The van der Waals surface area contributed by atoms with Crippen LogP contribution in [0.1, 0.15) is 73.1 Å². The van der Waals surface area contributed by atoms with Gasteiger partial charge in [-0.15, -0.1) is 0 Å². The van der Waals surface area contributed by atoms with E-state index in [2.05, 4.69) is 17.4 Å². The predicted molar refractivity (Wildman–Crippen MR) is 132 cm³/mol. The molecule has 6 heteroatoms. The van der Waals surface area contributed by atoms with Crippen LogP contribution in [0.5, 0.6) is 0 Å². The predicted octanol–water partition coefficient (Wildman–Crippen LogP) is 4.16. The Balaban J connectivity index is 1.80. The number of carbonyl (C=O) groups is 3. The summed E-state index contributed by atoms with van der Waals surface area (Å²) in [6, 6.07) is 14.4. The van der Waals surface area contributed by atoms with Crippen molar-refractivity contribution in [2.45, 2.75) is 65.0 Å². The van der Waals surface area contributed by atoms with E-state index in [1.54, 1.807) is 24.3 Å². The molecule has 1 aliphatic carbocycles. The van der Waals surface area contributed by atoms with Crippen LogP contribution in [0.15, 0.2) is 48.5 Å². The average Bonchev–Trinajstić information content (AvgIpc) is 2.82. The molecule has 0 unspecified atom stereocenters. The van der Waals surface area contributed by atoms with Gasteiger partial charge in [0.05, 0.1) is 24.8 Å². The number of rotatable bonds is 8. The molecule has 182 valence electrons. The number of carbonyl (C=O) groups excluding carboxylic acids is 3. The zero-order chi connectivity index (χ0) is 24.9. The molecule has 0 aromatic heterocycles. The summed E-state index contributed by atoms with van der Waals surface area (Å²) < 4.78 is 4.76. The first-order valence-electron chi connectivity index (χ1n) is 11.9. The van der Waals surface area contributed by atoms with Gasteiger partial charge in [-0.2, -0.15) is 0 Å². The Morgan fingerprint density at radius 1 is 1.09 bits per heavy atom. The highest BCUT2D eigenvalue weighted by Gasteiger charge is 2.32. The van der Waals surface area contributed by atoms with Crippen molar-refractivity contribution in [3.05, 3.63) is 70.8 Å². The molecule has 0 radical (unpaired) electrons. The van der Waals surface area contributed by atoms with Crippen LogP contribution in [-0.2, 0) is 27.2 Å². The smallest absolute Gasteiger partial charge is 0.337 e. The molecule has 3 atom stereocenters. The normalized spacial score (nSPS) is 17.3. The summed E-state index contributed by atoms with van der Waals surface area (Å²) in [6.45, 7) is 5.78. The fraction of sp³-hybridized carbons (Fsp3) is 0.464. The van der Waals surface area contributed by atoms with Crippen molar-refractivity contribution < 1.29 is 19.1 Å². The number of ketones is 1. The minimum atomic E-state index is -0.653. The lowest BCUT2D eigenvalue weighted by Gasteiger charge is -2.30. The summed E-state index contributed by atoms with van der Waals surface area (Å²) >= 11 is 0. The fourth-order valence-electron chi connectivity index (χ4n) is 4.48. The molecule has 1 amide bonds. The summed E-state index contributed by atoms with van der Waals surface area (Å²) in [6.07, 6.45) is 3.34. The molecule has 0 heterocycles. The number of nitrogens with two attached hydrogens (primary N) is 1. The maximum Gasteiger partial charge on any atom is 0.337 e. The average molecular weight is 465 g/mol. The number of hydrogen-bond donors (Lipinski definition) is 2. The first-order valence-corrected chi connectivity index (χ1v) is 11.9. The van der Waals surface area contributed by atoms with Gasteiger partial charge >= 0.3 is 5.97 Å². The van der Waals surface area contributed by atoms with Crippen LogP contribution in [0.2, 0.25) is 0 Å². The third-order valence-corrected chi connectivity index (χ3v) is 6.64. The van der Waals surface area contributed by atoms with Crippen molar-refractivity contribution in [1.82, 2.24) is 5.32 Å². The quantitative estimate of drug-likeness (QED) is 0.572. The second kappa shape index (κ2) is 11.0. The number of fused-ring (bicyclic) bond motifs is 1. The van der Waals surface area contributed by atoms with Gasteiger partial charge in [-0.3, -0.25) is 9.59 Å². The third-order valence-electron chi connectivity index (χ3n) is 6.64. The van der Waals surface area contributed by atoms with E-state index in [1.165, 1.54) is 12.7 Å². The molecule has 2 aromatic carbocycles. The van der Waals surface area contributed by atoms with Crippen molar-refractivity contribution in [2.75, 3.05) is 7.11 Å². The Labute approximate surface area is 202 Å². The minimum Gasteiger partial charge on any atom is -0.465 e. The Kier molecular flexibility index (Phi) is 8.26. The monoisotopic (exact) mass is 464 g/mol. The Morgan fingerprint density at radius 2 is 1.76 bits per heavy atom. The number of ether oxygens (including phenoxy) is 1. The Morgan fingerprint density at radius 3 is 2.41 bits per heavy atom. The van der Waals surface area contributed by atoms with Gasteiger partial charge in [0.15, 0.2) is 5.78 Å². The Bertz CT molecular complexity index is 1020. The van der Waals surface area contributed by atoms with E-state index >= 15 is 0 Å². The van der Waals surface area contributed by atoms with Crippen molar-refractivity contribution >= 4 is 17.7 Å². The highest BCUT2D eigenvalue weighted by atomic mass is 16.5. The van der Waals surface area contributed by atoms with Gasteiger partial charge < -0.3 is 15.8 Å². The van der Waals surface area contributed by atoms with Gasteiger partial charge in [0, 0.05) is 12.3 Å². The van der Waals surface area contributed by atoms with E-state index in [4.69, 9.17) is 10.5 Å². The van der Waals surface area contributed by atoms with Crippen molar-refractivity contribution in [3.8, 4) is 0 Å². The topological polar surface area (TPSA) is 98.5 Å². The van der Waals surface area contributed by atoms with E-state index in [1.807, 2.05) is 32.9 Å². The number of esters is 1. The molecule has 0 aliphatic heterocycles. The molecule has 0 saturated heterocycles. The molecule has 0 saturated carbocycles. The van der Waals surface area contributed by atoms with Crippen molar-refractivity contribution in [3.63, 3.8) is 0 Å². The number of Topliss-reactive ketones (excluding diaryl/α,β-unsaturated/α-hetero) is 1. The SMILES string of the molecule is COC(=O)c1ccc(C[C@H](CC(=O)[C@@H](N)C(C)(C)C)C(=O)N[C@@H]2CCCc3ccccc32)cc1. The van der Waals surface area contributed by atoms with Crippen LogP contribution in [0, 0.1) is 11.3 Å². The van der Waals surface area contributed by atoms with Crippen LogP contribution in [0.25, 0.3) is 0 Å². The van der Waals surface area contributed by atoms with Crippen LogP contribution in [-0.4, -0.2) is 30.8 Å². The highest BCUT2D eigenvalue weighted by molar-refractivity contribution is 5.91. The van der Waals surface area contributed by atoms with Gasteiger partial charge in [-0.05, 0) is 59.9 Å². The number of benzene rings is 2. The molecule has 0 spiro atoms. The molecule has 2 aromatic rings. The fourth-order valence-corrected chi connectivity index (χ4v) is 4.48. The third kappa shape index (κ3) is 6.32. The van der Waals surface area contributed by atoms with Gasteiger partial charge in [0.1, 0.15) is 0 Å². The van der Waals surface area contributed by atoms with E-state index < -0.39 is 17.9 Å². The van der Waals surface area contributed by atoms with Gasteiger partial charge in [-0.1, -0.05) is 57.2 Å². The summed E-state index contributed by atoms with van der Waals surface area (Å²) in [5, 5.41) is 3.21. The maximum absolute atomic E-state index is 13.5. The molecule has 3 N–H and O–H groups in total. The molecule has 34 heavy (non-hydrogen) atoms. The number of hydrogen-bond acceptors (Lipinski definition) is 5. The molecular weight excluding hydrogens is 428 g/mol. The molecule has 6 nitrogen and oxygen atoms in total. The lowest BCUT2D eigenvalue weighted by Crippen LogP contribution is -2.45. The van der Waals surface area contributed by atoms with Crippen molar-refractivity contribution in [2.24, 2.45) is 17.1 Å². The van der Waals surface area contributed by atoms with Crippen LogP contribution in [0.3, 0.4) is 0 Å². The summed E-state index contributed by atoms with van der Waals surface area (Å²) in [5.41, 5.74) is 9.56. The van der Waals surface area contributed by atoms with Gasteiger partial charge in [0.25, 0.3) is 0 Å². The molecular formula is C28H36N2O4. The summed E-state index contributed by atoms with van der Waals surface area (Å²) in [7, 11) is 1.34. The largest absolute Gasteiger partial charge is 0.465 e. The lowest BCUT2D eigenvalue weighted by atomic mass is 9.81. The van der Waals surface area contributed by atoms with Gasteiger partial charge in [-0.25, -0.2) is 4.79 Å². The first kappa shape index (κ1) is 25.6. The molecule has 3 rings (SSSR count). The molecule has 0 bridgehead atoms.